The summed E-state index contributed by atoms with van der Waals surface area (Å²) >= 11 is 3.37. The van der Waals surface area contributed by atoms with Crippen LogP contribution in [0.15, 0.2) is 22.7 Å². The Bertz CT molecular complexity index is 327. The zero-order valence-electron chi connectivity index (χ0n) is 8.55. The number of hydrogen-bond acceptors (Lipinski definition) is 1. The molecule has 0 heterocycles. The molecule has 1 atom stereocenters. The molecule has 0 bridgehead atoms. The Morgan fingerprint density at radius 2 is 2.00 bits per heavy atom. The average molecular weight is 272 g/mol. The predicted molar refractivity (Wildman–Crippen MR) is 63.0 cm³/mol. The van der Waals surface area contributed by atoms with Crippen LogP contribution in [0.5, 0.6) is 0 Å². The minimum atomic E-state index is -0.191. The molecule has 1 aromatic rings. The van der Waals surface area contributed by atoms with Crippen LogP contribution in [0, 0.1) is 11.7 Å². The molecular formula is C12H15BrFN. The average Bonchev–Trinajstić information content (AvgIpc) is 2.69. The van der Waals surface area contributed by atoms with Gasteiger partial charge >= 0.3 is 0 Å². The molecule has 2 N–H and O–H groups in total. The van der Waals surface area contributed by atoms with E-state index in [4.69, 9.17) is 5.73 Å². The molecule has 1 aromatic carbocycles. The summed E-state index contributed by atoms with van der Waals surface area (Å²) < 4.78 is 14.4. The zero-order chi connectivity index (χ0) is 10.8. The Morgan fingerprint density at radius 1 is 1.33 bits per heavy atom. The van der Waals surface area contributed by atoms with Crippen molar-refractivity contribution < 1.29 is 4.39 Å². The summed E-state index contributed by atoms with van der Waals surface area (Å²) in [4.78, 5) is 0. The second-order valence-electron chi connectivity index (χ2n) is 4.21. The summed E-state index contributed by atoms with van der Waals surface area (Å²) in [6.45, 7) is 0. The molecule has 82 valence electrons. The first-order chi connectivity index (χ1) is 7.20. The second-order valence-corrected chi connectivity index (χ2v) is 5.06. The van der Waals surface area contributed by atoms with Crippen LogP contribution in [0.4, 0.5) is 4.39 Å². The fraction of sp³-hybridized carbons (Fsp3) is 0.500. The van der Waals surface area contributed by atoms with Gasteiger partial charge in [-0.2, -0.15) is 0 Å². The van der Waals surface area contributed by atoms with Crippen molar-refractivity contribution in [2.45, 2.75) is 31.7 Å². The molecule has 1 fully saturated rings. The van der Waals surface area contributed by atoms with Gasteiger partial charge in [-0.1, -0.05) is 34.8 Å². The fourth-order valence-electron chi connectivity index (χ4n) is 2.38. The molecule has 3 heteroatoms. The van der Waals surface area contributed by atoms with Gasteiger partial charge in [-0.25, -0.2) is 4.39 Å². The first kappa shape index (κ1) is 11.1. The van der Waals surface area contributed by atoms with E-state index in [2.05, 4.69) is 15.9 Å². The van der Waals surface area contributed by atoms with Gasteiger partial charge in [-0.15, -0.1) is 0 Å². The van der Waals surface area contributed by atoms with E-state index in [-0.39, 0.29) is 11.9 Å². The van der Waals surface area contributed by atoms with Gasteiger partial charge in [0, 0.05) is 16.1 Å². The van der Waals surface area contributed by atoms with Crippen molar-refractivity contribution >= 4 is 15.9 Å². The van der Waals surface area contributed by atoms with Crippen molar-refractivity contribution in [2.24, 2.45) is 11.7 Å². The number of hydrogen-bond donors (Lipinski definition) is 1. The van der Waals surface area contributed by atoms with Crippen LogP contribution in [0.25, 0.3) is 0 Å². The highest BCUT2D eigenvalue weighted by Crippen LogP contribution is 2.37. The van der Waals surface area contributed by atoms with Crippen molar-refractivity contribution in [1.29, 1.82) is 0 Å². The Hall–Kier alpha value is -0.410. The smallest absolute Gasteiger partial charge is 0.129 e. The maximum absolute atomic E-state index is 13.6. The van der Waals surface area contributed by atoms with Gasteiger partial charge in [0.05, 0.1) is 0 Å². The summed E-state index contributed by atoms with van der Waals surface area (Å²) in [5, 5.41) is 0. The standard InChI is InChI=1S/C12H15BrFN/c13-9-6-3-7-10(14)11(9)12(15)8-4-1-2-5-8/h3,6-8,12H,1-2,4-5,15H2/t12-/m0/s1. The SMILES string of the molecule is N[C@H](c1c(F)cccc1Br)C1CCCC1. The first-order valence-electron chi connectivity index (χ1n) is 5.39. The molecule has 1 nitrogen and oxygen atoms in total. The Morgan fingerprint density at radius 3 is 2.60 bits per heavy atom. The van der Waals surface area contributed by atoms with Crippen LogP contribution < -0.4 is 5.73 Å². The van der Waals surface area contributed by atoms with E-state index in [1.807, 2.05) is 6.07 Å². The Balaban J connectivity index is 2.27. The van der Waals surface area contributed by atoms with E-state index in [0.717, 1.165) is 17.3 Å². The van der Waals surface area contributed by atoms with Crippen LogP contribution >= 0.6 is 15.9 Å². The highest BCUT2D eigenvalue weighted by molar-refractivity contribution is 9.10. The number of rotatable bonds is 2. The van der Waals surface area contributed by atoms with Crippen LogP contribution in [0.2, 0.25) is 0 Å². The van der Waals surface area contributed by atoms with Gasteiger partial charge in [0.1, 0.15) is 5.82 Å². The van der Waals surface area contributed by atoms with Crippen molar-refractivity contribution in [3.8, 4) is 0 Å². The van der Waals surface area contributed by atoms with E-state index < -0.39 is 0 Å². The molecule has 0 spiro atoms. The van der Waals surface area contributed by atoms with Crippen LogP contribution in [0.3, 0.4) is 0 Å². The highest BCUT2D eigenvalue weighted by atomic mass is 79.9. The van der Waals surface area contributed by atoms with Crippen molar-refractivity contribution in [2.75, 3.05) is 0 Å². The lowest BCUT2D eigenvalue weighted by Crippen LogP contribution is -2.20. The Kier molecular flexibility index (Phi) is 3.42. The van der Waals surface area contributed by atoms with Gasteiger partial charge < -0.3 is 5.73 Å². The summed E-state index contributed by atoms with van der Waals surface area (Å²) in [7, 11) is 0. The van der Waals surface area contributed by atoms with Crippen LogP contribution in [0.1, 0.15) is 37.3 Å². The molecule has 1 aliphatic rings. The van der Waals surface area contributed by atoms with Gasteiger partial charge in [0.2, 0.25) is 0 Å². The van der Waals surface area contributed by atoms with E-state index in [1.165, 1.54) is 18.9 Å². The lowest BCUT2D eigenvalue weighted by molar-refractivity contribution is 0.427. The van der Waals surface area contributed by atoms with Crippen molar-refractivity contribution in [3.63, 3.8) is 0 Å². The maximum atomic E-state index is 13.6. The lowest BCUT2D eigenvalue weighted by atomic mass is 9.92. The fourth-order valence-corrected chi connectivity index (χ4v) is 2.99. The highest BCUT2D eigenvalue weighted by Gasteiger charge is 2.26. The molecule has 0 aliphatic heterocycles. The third kappa shape index (κ3) is 2.23. The normalized spacial score (nSPS) is 19.4. The maximum Gasteiger partial charge on any atom is 0.129 e. The third-order valence-corrected chi connectivity index (χ3v) is 3.93. The minimum Gasteiger partial charge on any atom is -0.324 e. The van der Waals surface area contributed by atoms with Crippen molar-refractivity contribution in [3.05, 3.63) is 34.1 Å². The van der Waals surface area contributed by atoms with E-state index in [0.29, 0.717) is 11.5 Å². The second kappa shape index (κ2) is 4.62. The topological polar surface area (TPSA) is 26.0 Å². The summed E-state index contributed by atoms with van der Waals surface area (Å²) in [5.41, 5.74) is 6.77. The Labute approximate surface area is 98.0 Å². The van der Waals surface area contributed by atoms with Crippen LogP contribution in [-0.2, 0) is 0 Å². The molecule has 0 aromatic heterocycles. The summed E-state index contributed by atoms with van der Waals surface area (Å²) in [5.74, 6) is 0.252. The summed E-state index contributed by atoms with van der Waals surface area (Å²) in [6.07, 6.45) is 4.71. The minimum absolute atomic E-state index is 0.164. The molecule has 15 heavy (non-hydrogen) atoms. The van der Waals surface area contributed by atoms with Crippen LogP contribution in [-0.4, -0.2) is 0 Å². The van der Waals surface area contributed by atoms with Gasteiger partial charge in [-0.3, -0.25) is 0 Å². The molecule has 0 saturated heterocycles. The molecule has 2 rings (SSSR count). The number of benzene rings is 1. The molecule has 1 saturated carbocycles. The summed E-state index contributed by atoms with van der Waals surface area (Å²) in [6, 6.07) is 4.87. The van der Waals surface area contributed by atoms with Gasteiger partial charge in [0.15, 0.2) is 0 Å². The molecule has 0 unspecified atom stereocenters. The molecular weight excluding hydrogens is 257 g/mol. The number of halogens is 2. The molecule has 0 amide bonds. The van der Waals surface area contributed by atoms with E-state index in [9.17, 15) is 4.39 Å². The molecule has 0 radical (unpaired) electrons. The van der Waals surface area contributed by atoms with E-state index in [1.54, 1.807) is 6.07 Å². The largest absolute Gasteiger partial charge is 0.324 e. The van der Waals surface area contributed by atoms with Gasteiger partial charge in [0.25, 0.3) is 0 Å². The number of nitrogens with two attached hydrogens (primary N) is 1. The quantitative estimate of drug-likeness (QED) is 0.871. The first-order valence-corrected chi connectivity index (χ1v) is 6.19. The van der Waals surface area contributed by atoms with Gasteiger partial charge in [-0.05, 0) is 30.9 Å². The van der Waals surface area contributed by atoms with E-state index >= 15 is 0 Å². The molecule has 1 aliphatic carbocycles. The van der Waals surface area contributed by atoms with Crippen molar-refractivity contribution in [1.82, 2.24) is 0 Å². The lowest BCUT2D eigenvalue weighted by Gasteiger charge is -2.20. The predicted octanol–water partition coefficient (Wildman–Crippen LogP) is 3.78. The monoisotopic (exact) mass is 271 g/mol. The third-order valence-electron chi connectivity index (χ3n) is 3.24. The zero-order valence-corrected chi connectivity index (χ0v) is 10.1.